The lowest BCUT2D eigenvalue weighted by Crippen LogP contribution is -2.49. The number of hydrogen-bond donors (Lipinski definition) is 0. The van der Waals surface area contributed by atoms with Gasteiger partial charge in [0.2, 0.25) is 0 Å². The largest absolute Gasteiger partial charge is 0.434 e. The van der Waals surface area contributed by atoms with Crippen molar-refractivity contribution in [2.45, 2.75) is 6.61 Å². The summed E-state index contributed by atoms with van der Waals surface area (Å²) in [4.78, 5) is 28.2. The second-order valence-corrected chi connectivity index (χ2v) is 6.72. The Labute approximate surface area is 162 Å². The van der Waals surface area contributed by atoms with Gasteiger partial charge < -0.3 is 14.5 Å². The monoisotopic (exact) mass is 442 g/mol. The van der Waals surface area contributed by atoms with Crippen LogP contribution in [0.4, 0.5) is 14.5 Å². The number of aryl methyl sites for hydroxylation is 1. The maximum atomic E-state index is 12.7. The Kier molecular flexibility index (Phi) is 5.73. The van der Waals surface area contributed by atoms with Gasteiger partial charge in [0.25, 0.3) is 11.5 Å². The van der Waals surface area contributed by atoms with Crippen molar-refractivity contribution in [3.05, 3.63) is 50.9 Å². The number of hydrogen-bond acceptors (Lipinski definition) is 5. The standard InChI is InChI=1S/C17H17BrF2N4O3/c1-22-16(26)14(18)12(10-21-22)23-6-8-24(9-7-23)15(25)11-4-2-3-5-13(11)27-17(19)20/h2-5,10,17H,6-9H2,1H3. The van der Waals surface area contributed by atoms with E-state index >= 15 is 0 Å². The number of benzene rings is 1. The van der Waals surface area contributed by atoms with E-state index in [0.29, 0.717) is 36.3 Å². The van der Waals surface area contributed by atoms with Gasteiger partial charge in [-0.25, -0.2) is 4.68 Å². The second kappa shape index (κ2) is 8.03. The van der Waals surface area contributed by atoms with E-state index in [0.717, 1.165) is 0 Å². The molecular weight excluding hydrogens is 426 g/mol. The van der Waals surface area contributed by atoms with E-state index in [4.69, 9.17) is 0 Å². The lowest BCUT2D eigenvalue weighted by atomic mass is 10.1. The quantitative estimate of drug-likeness (QED) is 0.725. The molecule has 0 unspecified atom stereocenters. The number of aromatic nitrogens is 2. The van der Waals surface area contributed by atoms with Crippen LogP contribution in [0, 0.1) is 0 Å². The first-order valence-corrected chi connectivity index (χ1v) is 8.97. The number of halogens is 3. The molecule has 0 bridgehead atoms. The minimum absolute atomic E-state index is 0.0997. The smallest absolute Gasteiger partial charge is 0.387 e. The lowest BCUT2D eigenvalue weighted by molar-refractivity contribution is -0.0502. The van der Waals surface area contributed by atoms with Gasteiger partial charge in [0, 0.05) is 33.2 Å². The molecule has 0 aliphatic carbocycles. The van der Waals surface area contributed by atoms with Crippen LogP contribution in [-0.2, 0) is 7.05 Å². The zero-order valence-electron chi connectivity index (χ0n) is 14.4. The van der Waals surface area contributed by atoms with E-state index < -0.39 is 6.61 Å². The SMILES string of the molecule is Cn1ncc(N2CCN(C(=O)c3ccccc3OC(F)F)CC2)c(Br)c1=O. The number of para-hydroxylation sites is 1. The highest BCUT2D eigenvalue weighted by Crippen LogP contribution is 2.25. The summed E-state index contributed by atoms with van der Waals surface area (Å²) in [5.41, 5.74) is 0.512. The summed E-state index contributed by atoms with van der Waals surface area (Å²) in [6.07, 6.45) is 1.59. The molecule has 27 heavy (non-hydrogen) atoms. The highest BCUT2D eigenvalue weighted by Gasteiger charge is 2.26. The molecule has 1 aliphatic rings. The van der Waals surface area contributed by atoms with Crippen LogP contribution in [0.3, 0.4) is 0 Å². The van der Waals surface area contributed by atoms with Crippen LogP contribution in [0.5, 0.6) is 5.75 Å². The van der Waals surface area contributed by atoms with Crippen LogP contribution in [0.25, 0.3) is 0 Å². The molecule has 1 saturated heterocycles. The van der Waals surface area contributed by atoms with Gasteiger partial charge in [-0.3, -0.25) is 9.59 Å². The summed E-state index contributed by atoms with van der Waals surface area (Å²) in [7, 11) is 1.56. The molecule has 144 valence electrons. The molecule has 1 aromatic carbocycles. The van der Waals surface area contributed by atoms with E-state index in [2.05, 4.69) is 25.8 Å². The summed E-state index contributed by atoms with van der Waals surface area (Å²) in [5, 5.41) is 4.02. The normalized spacial score (nSPS) is 14.6. The Morgan fingerprint density at radius 1 is 1.22 bits per heavy atom. The molecule has 3 rings (SSSR count). The van der Waals surface area contributed by atoms with E-state index in [1.165, 1.54) is 22.9 Å². The van der Waals surface area contributed by atoms with Crippen molar-refractivity contribution in [3.63, 3.8) is 0 Å². The molecule has 0 saturated carbocycles. The van der Waals surface area contributed by atoms with Crippen LogP contribution in [0.2, 0.25) is 0 Å². The van der Waals surface area contributed by atoms with Crippen LogP contribution in [0.1, 0.15) is 10.4 Å². The Balaban J connectivity index is 1.72. The molecule has 2 heterocycles. The third-order valence-corrected chi connectivity index (χ3v) is 5.05. The first-order valence-electron chi connectivity index (χ1n) is 8.18. The van der Waals surface area contributed by atoms with Crippen molar-refractivity contribution >= 4 is 27.5 Å². The van der Waals surface area contributed by atoms with Gasteiger partial charge in [0.05, 0.1) is 17.4 Å². The topological polar surface area (TPSA) is 67.7 Å². The van der Waals surface area contributed by atoms with Crippen molar-refractivity contribution in [3.8, 4) is 5.75 Å². The molecule has 1 aromatic heterocycles. The molecule has 1 fully saturated rings. The molecule has 0 atom stereocenters. The average Bonchev–Trinajstić information content (AvgIpc) is 2.66. The van der Waals surface area contributed by atoms with E-state index in [9.17, 15) is 18.4 Å². The fraction of sp³-hybridized carbons (Fsp3) is 0.353. The van der Waals surface area contributed by atoms with Crippen molar-refractivity contribution in [1.82, 2.24) is 14.7 Å². The minimum Gasteiger partial charge on any atom is -0.434 e. The zero-order chi connectivity index (χ0) is 19.6. The second-order valence-electron chi connectivity index (χ2n) is 5.93. The number of rotatable bonds is 4. The Morgan fingerprint density at radius 2 is 1.89 bits per heavy atom. The summed E-state index contributed by atoms with van der Waals surface area (Å²) in [6.45, 7) is -1.28. The van der Waals surface area contributed by atoms with Gasteiger partial charge in [-0.15, -0.1) is 0 Å². The number of carbonyl (C=O) groups excluding carboxylic acids is 1. The fourth-order valence-electron chi connectivity index (χ4n) is 2.89. The van der Waals surface area contributed by atoms with Gasteiger partial charge in [0.15, 0.2) is 0 Å². The van der Waals surface area contributed by atoms with E-state index in [1.807, 2.05) is 4.90 Å². The van der Waals surface area contributed by atoms with Crippen molar-refractivity contribution in [1.29, 1.82) is 0 Å². The van der Waals surface area contributed by atoms with Crippen LogP contribution in [0.15, 0.2) is 39.7 Å². The number of nitrogens with zero attached hydrogens (tertiary/aromatic N) is 4. The molecule has 0 spiro atoms. The van der Waals surface area contributed by atoms with Gasteiger partial charge in [0.1, 0.15) is 10.2 Å². The molecule has 0 N–H and O–H groups in total. The van der Waals surface area contributed by atoms with Crippen molar-refractivity contribution in [2.24, 2.45) is 7.05 Å². The molecule has 7 nitrogen and oxygen atoms in total. The first kappa shape index (κ1) is 19.3. The molecule has 2 aromatic rings. The summed E-state index contributed by atoms with van der Waals surface area (Å²) < 4.78 is 31.2. The Bertz CT molecular complexity index is 898. The molecule has 0 radical (unpaired) electrons. The highest BCUT2D eigenvalue weighted by molar-refractivity contribution is 9.10. The predicted octanol–water partition coefficient (Wildman–Crippen LogP) is 2.11. The number of piperazine rings is 1. The fourth-order valence-corrected chi connectivity index (χ4v) is 3.50. The lowest BCUT2D eigenvalue weighted by Gasteiger charge is -2.36. The van der Waals surface area contributed by atoms with E-state index in [-0.39, 0.29) is 22.8 Å². The number of amides is 1. The Morgan fingerprint density at radius 3 is 2.56 bits per heavy atom. The number of carbonyl (C=O) groups is 1. The number of alkyl halides is 2. The third kappa shape index (κ3) is 4.10. The van der Waals surface area contributed by atoms with Crippen molar-refractivity contribution < 1.29 is 18.3 Å². The van der Waals surface area contributed by atoms with E-state index in [1.54, 1.807) is 24.2 Å². The van der Waals surface area contributed by atoms with Crippen molar-refractivity contribution in [2.75, 3.05) is 31.1 Å². The molecular formula is C17H17BrF2N4O3. The molecule has 10 heteroatoms. The van der Waals surface area contributed by atoms with Gasteiger partial charge in [-0.2, -0.15) is 13.9 Å². The zero-order valence-corrected chi connectivity index (χ0v) is 16.0. The minimum atomic E-state index is -3.00. The van der Waals surface area contributed by atoms with Gasteiger partial charge in [-0.1, -0.05) is 12.1 Å². The first-order chi connectivity index (χ1) is 12.9. The average molecular weight is 443 g/mol. The Hall–Kier alpha value is -2.49. The van der Waals surface area contributed by atoms with Crippen LogP contribution < -0.4 is 15.2 Å². The summed E-state index contributed by atoms with van der Waals surface area (Å²) in [5.74, 6) is -0.509. The number of anilines is 1. The summed E-state index contributed by atoms with van der Waals surface area (Å²) >= 11 is 3.30. The predicted molar refractivity (Wildman–Crippen MR) is 98.4 cm³/mol. The highest BCUT2D eigenvalue weighted by atomic mass is 79.9. The third-order valence-electron chi connectivity index (χ3n) is 4.30. The van der Waals surface area contributed by atoms with Gasteiger partial charge >= 0.3 is 6.61 Å². The number of ether oxygens (including phenoxy) is 1. The summed E-state index contributed by atoms with van der Waals surface area (Å²) in [6, 6.07) is 5.95. The van der Waals surface area contributed by atoms with Crippen LogP contribution >= 0.6 is 15.9 Å². The maximum Gasteiger partial charge on any atom is 0.387 e. The molecule has 1 aliphatic heterocycles. The van der Waals surface area contributed by atoms with Gasteiger partial charge in [-0.05, 0) is 28.1 Å². The van der Waals surface area contributed by atoms with Crippen LogP contribution in [-0.4, -0.2) is 53.4 Å². The maximum absolute atomic E-state index is 12.7. The molecule has 1 amide bonds.